The summed E-state index contributed by atoms with van der Waals surface area (Å²) in [5.41, 5.74) is 0. The standard InChI is InChI=1S/C7H14ClNO3S/c8-3-1-5-13(11,12)9-4-2-7(10)6-9/h7,10H,1-6H2/t7-/m0/s1. The molecule has 78 valence electrons. The molecule has 0 unspecified atom stereocenters. The smallest absolute Gasteiger partial charge is 0.214 e. The van der Waals surface area contributed by atoms with Gasteiger partial charge in [0.05, 0.1) is 11.9 Å². The van der Waals surface area contributed by atoms with Crippen LogP contribution in [0.4, 0.5) is 0 Å². The van der Waals surface area contributed by atoms with Crippen LogP contribution in [-0.4, -0.2) is 48.7 Å². The molecular formula is C7H14ClNO3S. The van der Waals surface area contributed by atoms with E-state index >= 15 is 0 Å². The van der Waals surface area contributed by atoms with E-state index < -0.39 is 16.1 Å². The normalized spacial score (nSPS) is 25.2. The van der Waals surface area contributed by atoms with Crippen molar-refractivity contribution in [1.82, 2.24) is 4.31 Å². The van der Waals surface area contributed by atoms with Crippen LogP contribution in [0, 0.1) is 0 Å². The van der Waals surface area contributed by atoms with Crippen LogP contribution in [0.3, 0.4) is 0 Å². The molecule has 0 spiro atoms. The molecule has 0 aliphatic carbocycles. The van der Waals surface area contributed by atoms with Gasteiger partial charge in [0.15, 0.2) is 0 Å². The number of hydrogen-bond donors (Lipinski definition) is 1. The highest BCUT2D eigenvalue weighted by molar-refractivity contribution is 7.89. The summed E-state index contributed by atoms with van der Waals surface area (Å²) >= 11 is 5.41. The molecule has 0 bridgehead atoms. The Labute approximate surface area is 83.5 Å². The summed E-state index contributed by atoms with van der Waals surface area (Å²) in [6, 6.07) is 0. The van der Waals surface area contributed by atoms with Gasteiger partial charge in [0.1, 0.15) is 0 Å². The highest BCUT2D eigenvalue weighted by atomic mass is 35.5. The maximum Gasteiger partial charge on any atom is 0.214 e. The van der Waals surface area contributed by atoms with E-state index in [0.717, 1.165) is 0 Å². The summed E-state index contributed by atoms with van der Waals surface area (Å²) < 4.78 is 24.3. The molecule has 4 nitrogen and oxygen atoms in total. The molecule has 0 aromatic rings. The Morgan fingerprint density at radius 3 is 2.69 bits per heavy atom. The van der Waals surface area contributed by atoms with Crippen LogP contribution in [0.15, 0.2) is 0 Å². The number of aliphatic hydroxyl groups excluding tert-OH is 1. The number of β-amino-alcohol motifs (C(OH)–C–C–N with tert-alkyl or cyclic N) is 1. The zero-order valence-corrected chi connectivity index (χ0v) is 8.89. The van der Waals surface area contributed by atoms with Crippen molar-refractivity contribution < 1.29 is 13.5 Å². The summed E-state index contributed by atoms with van der Waals surface area (Å²) in [6.07, 6.45) is 0.516. The first-order chi connectivity index (χ1) is 6.06. The molecule has 13 heavy (non-hydrogen) atoms. The van der Waals surface area contributed by atoms with Gasteiger partial charge in [0, 0.05) is 19.0 Å². The van der Waals surface area contributed by atoms with Crippen LogP contribution in [0.25, 0.3) is 0 Å². The highest BCUT2D eigenvalue weighted by Crippen LogP contribution is 2.14. The van der Waals surface area contributed by atoms with Gasteiger partial charge in [-0.1, -0.05) is 0 Å². The van der Waals surface area contributed by atoms with E-state index in [2.05, 4.69) is 0 Å². The van der Waals surface area contributed by atoms with Crippen molar-refractivity contribution in [2.24, 2.45) is 0 Å². The molecule has 0 saturated carbocycles. The van der Waals surface area contributed by atoms with Crippen LogP contribution >= 0.6 is 11.6 Å². The summed E-state index contributed by atoms with van der Waals surface area (Å²) in [5, 5.41) is 9.16. The molecule has 0 aromatic carbocycles. The van der Waals surface area contributed by atoms with E-state index in [1.165, 1.54) is 4.31 Å². The lowest BCUT2D eigenvalue weighted by atomic mass is 10.3. The second-order valence-electron chi connectivity index (χ2n) is 3.16. The van der Waals surface area contributed by atoms with Crippen LogP contribution in [0.2, 0.25) is 0 Å². The van der Waals surface area contributed by atoms with Crippen molar-refractivity contribution in [3.63, 3.8) is 0 Å². The number of halogens is 1. The predicted molar refractivity (Wildman–Crippen MR) is 51.3 cm³/mol. The van der Waals surface area contributed by atoms with Gasteiger partial charge in [-0.05, 0) is 12.8 Å². The van der Waals surface area contributed by atoms with Gasteiger partial charge in [0.25, 0.3) is 0 Å². The molecule has 1 rings (SSSR count). The van der Waals surface area contributed by atoms with Gasteiger partial charge < -0.3 is 5.11 Å². The zero-order valence-electron chi connectivity index (χ0n) is 7.32. The van der Waals surface area contributed by atoms with Crippen molar-refractivity contribution >= 4 is 21.6 Å². The Kier molecular flexibility index (Phi) is 3.97. The Balaban J connectivity index is 2.50. The van der Waals surface area contributed by atoms with E-state index in [1.54, 1.807) is 0 Å². The zero-order chi connectivity index (χ0) is 9.90. The number of nitrogens with zero attached hydrogens (tertiary/aromatic N) is 1. The number of aliphatic hydroxyl groups is 1. The molecule has 1 fully saturated rings. The van der Waals surface area contributed by atoms with Gasteiger partial charge in [-0.25, -0.2) is 8.42 Å². The first-order valence-corrected chi connectivity index (χ1v) is 6.42. The Morgan fingerprint density at radius 2 is 2.23 bits per heavy atom. The first kappa shape index (κ1) is 11.2. The van der Waals surface area contributed by atoms with Gasteiger partial charge in [-0.2, -0.15) is 4.31 Å². The van der Waals surface area contributed by atoms with E-state index in [-0.39, 0.29) is 12.3 Å². The fourth-order valence-corrected chi connectivity index (χ4v) is 3.17. The number of hydrogen-bond acceptors (Lipinski definition) is 3. The number of sulfonamides is 1. The van der Waals surface area contributed by atoms with Crippen molar-refractivity contribution in [3.05, 3.63) is 0 Å². The lowest BCUT2D eigenvalue weighted by molar-refractivity contribution is 0.189. The van der Waals surface area contributed by atoms with Gasteiger partial charge in [0.2, 0.25) is 10.0 Å². The Morgan fingerprint density at radius 1 is 1.54 bits per heavy atom. The molecule has 0 radical (unpaired) electrons. The topological polar surface area (TPSA) is 57.6 Å². The quantitative estimate of drug-likeness (QED) is 0.689. The van der Waals surface area contributed by atoms with Crippen LogP contribution in [-0.2, 0) is 10.0 Å². The lowest BCUT2D eigenvalue weighted by Crippen LogP contribution is -2.31. The van der Waals surface area contributed by atoms with Crippen molar-refractivity contribution in [1.29, 1.82) is 0 Å². The number of alkyl halides is 1. The summed E-state index contributed by atoms with van der Waals surface area (Å²) in [6.45, 7) is 0.677. The summed E-state index contributed by atoms with van der Waals surface area (Å²) in [4.78, 5) is 0. The van der Waals surface area contributed by atoms with Crippen LogP contribution < -0.4 is 0 Å². The minimum atomic E-state index is -3.17. The van der Waals surface area contributed by atoms with Crippen molar-refractivity contribution in [2.75, 3.05) is 24.7 Å². The first-order valence-electron chi connectivity index (χ1n) is 4.28. The summed E-state index contributed by atoms with van der Waals surface area (Å²) in [5.74, 6) is 0.443. The Hall–Kier alpha value is 0.160. The van der Waals surface area contributed by atoms with Crippen molar-refractivity contribution in [3.8, 4) is 0 Å². The average molecular weight is 228 g/mol. The van der Waals surface area contributed by atoms with Crippen LogP contribution in [0.1, 0.15) is 12.8 Å². The molecule has 1 N–H and O–H groups in total. The largest absolute Gasteiger partial charge is 0.392 e. The maximum absolute atomic E-state index is 11.5. The van der Waals surface area contributed by atoms with Crippen LogP contribution in [0.5, 0.6) is 0 Å². The molecule has 1 heterocycles. The minimum Gasteiger partial charge on any atom is -0.392 e. The second kappa shape index (κ2) is 4.59. The lowest BCUT2D eigenvalue weighted by Gasteiger charge is -2.14. The Bertz CT molecular complexity index is 254. The fraction of sp³-hybridized carbons (Fsp3) is 1.00. The van der Waals surface area contributed by atoms with E-state index in [0.29, 0.717) is 25.3 Å². The molecule has 1 aliphatic rings. The second-order valence-corrected chi connectivity index (χ2v) is 5.63. The monoisotopic (exact) mass is 227 g/mol. The average Bonchev–Trinajstić information content (AvgIpc) is 2.49. The SMILES string of the molecule is O=S(=O)(CCCCl)N1CC[C@H](O)C1. The van der Waals surface area contributed by atoms with E-state index in [9.17, 15) is 8.42 Å². The highest BCUT2D eigenvalue weighted by Gasteiger charge is 2.29. The van der Waals surface area contributed by atoms with Crippen molar-refractivity contribution in [2.45, 2.75) is 18.9 Å². The molecule has 6 heteroatoms. The van der Waals surface area contributed by atoms with Gasteiger partial charge in [-0.3, -0.25) is 0 Å². The van der Waals surface area contributed by atoms with E-state index in [1.807, 2.05) is 0 Å². The molecular weight excluding hydrogens is 214 g/mol. The van der Waals surface area contributed by atoms with Gasteiger partial charge >= 0.3 is 0 Å². The molecule has 0 amide bonds. The molecule has 0 aromatic heterocycles. The number of rotatable bonds is 4. The maximum atomic E-state index is 11.5. The third-order valence-corrected chi connectivity index (χ3v) is 4.25. The third kappa shape index (κ3) is 3.09. The predicted octanol–water partition coefficient (Wildman–Crippen LogP) is 0.0117. The molecule has 1 saturated heterocycles. The minimum absolute atomic E-state index is 0.0865. The van der Waals surface area contributed by atoms with Gasteiger partial charge in [-0.15, -0.1) is 11.6 Å². The molecule has 1 atom stereocenters. The fourth-order valence-electron chi connectivity index (χ4n) is 1.33. The summed E-state index contributed by atoms with van der Waals surface area (Å²) in [7, 11) is -3.17. The third-order valence-electron chi connectivity index (χ3n) is 2.06. The molecule has 1 aliphatic heterocycles. The van der Waals surface area contributed by atoms with E-state index in [4.69, 9.17) is 16.7 Å².